The second-order valence-corrected chi connectivity index (χ2v) is 5.85. The Balaban J connectivity index is 1.69. The number of carbonyl (C=O) groups excluding carboxylic acids is 1. The third-order valence-corrected chi connectivity index (χ3v) is 4.19. The highest BCUT2D eigenvalue weighted by Gasteiger charge is 2.17. The maximum absolute atomic E-state index is 11.9. The van der Waals surface area contributed by atoms with Crippen molar-refractivity contribution in [3.8, 4) is 0 Å². The van der Waals surface area contributed by atoms with E-state index in [1.807, 2.05) is 6.07 Å². The van der Waals surface area contributed by atoms with E-state index in [-0.39, 0.29) is 12.0 Å². The summed E-state index contributed by atoms with van der Waals surface area (Å²) in [6.07, 6.45) is 2.39. The number of amides is 1. The summed E-state index contributed by atoms with van der Waals surface area (Å²) in [5, 5.41) is 5.04. The molecule has 1 N–H and O–H groups in total. The molecule has 1 aliphatic rings. The molecule has 106 valence electrons. The maximum atomic E-state index is 11.9. The fraction of sp³-hybridized carbons (Fsp3) is 0.643. The number of thiophene rings is 1. The zero-order valence-corrected chi connectivity index (χ0v) is 12.2. The summed E-state index contributed by atoms with van der Waals surface area (Å²) >= 11 is 1.73. The van der Waals surface area contributed by atoms with Gasteiger partial charge in [-0.25, -0.2) is 0 Å². The van der Waals surface area contributed by atoms with Crippen LogP contribution in [0.4, 0.5) is 0 Å². The first-order valence-electron chi connectivity index (χ1n) is 6.91. The van der Waals surface area contributed by atoms with Crippen molar-refractivity contribution in [1.29, 1.82) is 0 Å². The number of ether oxygens (including phenoxy) is 1. The second kappa shape index (κ2) is 7.62. The van der Waals surface area contributed by atoms with Crippen molar-refractivity contribution in [1.82, 2.24) is 10.2 Å². The van der Waals surface area contributed by atoms with E-state index >= 15 is 0 Å². The number of nitrogens with one attached hydrogen (secondary N) is 1. The van der Waals surface area contributed by atoms with Crippen LogP contribution in [0.15, 0.2) is 17.5 Å². The molecule has 0 saturated carbocycles. The monoisotopic (exact) mass is 282 g/mol. The molecule has 2 heterocycles. The van der Waals surface area contributed by atoms with Crippen molar-refractivity contribution in [2.24, 2.45) is 0 Å². The number of carbonyl (C=O) groups is 1. The van der Waals surface area contributed by atoms with Crippen molar-refractivity contribution >= 4 is 17.2 Å². The standard InChI is InChI=1S/C14H22N2O2S/c1-2-16(10-13-6-4-8-19-13)11-14(17)15-9-12-5-3-7-18-12/h4,6,8,12H,2-3,5,7,9-11H2,1H3,(H,15,17). The van der Waals surface area contributed by atoms with Crippen LogP contribution < -0.4 is 5.32 Å². The zero-order chi connectivity index (χ0) is 13.5. The predicted octanol–water partition coefficient (Wildman–Crippen LogP) is 1.87. The molecule has 2 rings (SSSR count). The first kappa shape index (κ1) is 14.5. The summed E-state index contributed by atoms with van der Waals surface area (Å²) in [5.74, 6) is 0.0916. The van der Waals surface area contributed by atoms with Crippen LogP contribution in [-0.2, 0) is 16.1 Å². The lowest BCUT2D eigenvalue weighted by Gasteiger charge is -2.19. The maximum Gasteiger partial charge on any atom is 0.234 e. The fourth-order valence-corrected chi connectivity index (χ4v) is 2.94. The predicted molar refractivity (Wildman–Crippen MR) is 77.3 cm³/mol. The van der Waals surface area contributed by atoms with E-state index in [0.717, 1.165) is 32.5 Å². The summed E-state index contributed by atoms with van der Waals surface area (Å²) in [7, 11) is 0. The molecule has 1 aliphatic heterocycles. The van der Waals surface area contributed by atoms with Gasteiger partial charge in [-0.15, -0.1) is 11.3 Å². The van der Waals surface area contributed by atoms with Gasteiger partial charge >= 0.3 is 0 Å². The number of hydrogen-bond donors (Lipinski definition) is 1. The summed E-state index contributed by atoms with van der Waals surface area (Å²) in [5.41, 5.74) is 0. The third-order valence-electron chi connectivity index (χ3n) is 3.32. The summed E-state index contributed by atoms with van der Waals surface area (Å²) in [6, 6.07) is 4.16. The summed E-state index contributed by atoms with van der Waals surface area (Å²) in [4.78, 5) is 15.3. The van der Waals surface area contributed by atoms with E-state index < -0.39 is 0 Å². The molecular weight excluding hydrogens is 260 g/mol. The molecule has 1 aromatic heterocycles. The summed E-state index contributed by atoms with van der Waals surface area (Å²) in [6.45, 7) is 5.75. The number of rotatable bonds is 7. The molecule has 1 saturated heterocycles. The highest BCUT2D eigenvalue weighted by molar-refractivity contribution is 7.09. The molecule has 1 amide bonds. The molecule has 0 bridgehead atoms. The second-order valence-electron chi connectivity index (χ2n) is 4.82. The molecule has 5 heteroatoms. The normalized spacial score (nSPS) is 18.9. The van der Waals surface area contributed by atoms with E-state index in [1.54, 1.807) is 11.3 Å². The molecule has 1 unspecified atom stereocenters. The smallest absolute Gasteiger partial charge is 0.234 e. The third kappa shape index (κ3) is 4.93. The Morgan fingerprint density at radius 2 is 2.53 bits per heavy atom. The molecule has 4 nitrogen and oxygen atoms in total. The Morgan fingerprint density at radius 1 is 1.63 bits per heavy atom. The van der Waals surface area contributed by atoms with Crippen molar-refractivity contribution in [2.75, 3.05) is 26.2 Å². The van der Waals surface area contributed by atoms with Gasteiger partial charge in [0.2, 0.25) is 5.91 Å². The zero-order valence-electron chi connectivity index (χ0n) is 11.4. The fourth-order valence-electron chi connectivity index (χ4n) is 2.19. The van der Waals surface area contributed by atoms with Crippen LogP contribution in [0.3, 0.4) is 0 Å². The summed E-state index contributed by atoms with van der Waals surface area (Å²) < 4.78 is 5.49. The van der Waals surface area contributed by atoms with Gasteiger partial charge in [0.25, 0.3) is 0 Å². The van der Waals surface area contributed by atoms with Crippen molar-refractivity contribution in [2.45, 2.75) is 32.4 Å². The van der Waals surface area contributed by atoms with Crippen LogP contribution in [0.1, 0.15) is 24.6 Å². The molecule has 1 fully saturated rings. The molecule has 0 spiro atoms. The highest BCUT2D eigenvalue weighted by Crippen LogP contribution is 2.12. The van der Waals surface area contributed by atoms with Gasteiger partial charge in [-0.2, -0.15) is 0 Å². The van der Waals surface area contributed by atoms with Crippen LogP contribution >= 0.6 is 11.3 Å². The molecule has 0 radical (unpaired) electrons. The highest BCUT2D eigenvalue weighted by atomic mass is 32.1. The Morgan fingerprint density at radius 3 is 3.16 bits per heavy atom. The van der Waals surface area contributed by atoms with Gasteiger partial charge in [-0.1, -0.05) is 13.0 Å². The molecule has 19 heavy (non-hydrogen) atoms. The van der Waals surface area contributed by atoms with Gasteiger partial charge in [-0.3, -0.25) is 9.69 Å². The van der Waals surface area contributed by atoms with E-state index in [9.17, 15) is 4.79 Å². The lowest BCUT2D eigenvalue weighted by Crippen LogP contribution is -2.39. The van der Waals surface area contributed by atoms with Gasteiger partial charge in [0, 0.05) is 24.6 Å². The topological polar surface area (TPSA) is 41.6 Å². The SMILES string of the molecule is CCN(CC(=O)NCC1CCCO1)Cc1cccs1. The minimum atomic E-state index is 0.0916. The lowest BCUT2D eigenvalue weighted by atomic mass is 10.2. The van der Waals surface area contributed by atoms with Crippen molar-refractivity contribution in [3.05, 3.63) is 22.4 Å². The number of hydrogen-bond acceptors (Lipinski definition) is 4. The minimum Gasteiger partial charge on any atom is -0.376 e. The van der Waals surface area contributed by atoms with Gasteiger partial charge < -0.3 is 10.1 Å². The van der Waals surface area contributed by atoms with Crippen LogP contribution in [0.5, 0.6) is 0 Å². The Bertz CT molecular complexity index is 375. The van der Waals surface area contributed by atoms with Gasteiger partial charge in [0.1, 0.15) is 0 Å². The Kier molecular flexibility index (Phi) is 5.82. The van der Waals surface area contributed by atoms with Crippen LogP contribution in [0.25, 0.3) is 0 Å². The first-order chi connectivity index (χ1) is 9.28. The lowest BCUT2D eigenvalue weighted by molar-refractivity contribution is -0.122. The Labute approximate surface area is 118 Å². The number of likely N-dealkylation sites (N-methyl/N-ethyl adjacent to an activating group) is 1. The Hall–Kier alpha value is -0.910. The first-order valence-corrected chi connectivity index (χ1v) is 7.79. The van der Waals surface area contributed by atoms with Crippen LogP contribution in [-0.4, -0.2) is 43.2 Å². The average molecular weight is 282 g/mol. The van der Waals surface area contributed by atoms with Crippen molar-refractivity contribution in [3.63, 3.8) is 0 Å². The molecule has 0 aromatic carbocycles. The van der Waals surface area contributed by atoms with E-state index in [0.29, 0.717) is 13.1 Å². The molecule has 1 atom stereocenters. The van der Waals surface area contributed by atoms with Crippen molar-refractivity contribution < 1.29 is 9.53 Å². The van der Waals surface area contributed by atoms with Crippen LogP contribution in [0, 0.1) is 0 Å². The largest absolute Gasteiger partial charge is 0.376 e. The average Bonchev–Trinajstić information content (AvgIpc) is 3.08. The minimum absolute atomic E-state index is 0.0916. The quantitative estimate of drug-likeness (QED) is 0.830. The molecule has 1 aromatic rings. The molecular formula is C14H22N2O2S. The van der Waals surface area contributed by atoms with Gasteiger partial charge in [0.15, 0.2) is 0 Å². The number of nitrogens with zero attached hydrogens (tertiary/aromatic N) is 1. The van der Waals surface area contributed by atoms with Crippen LogP contribution in [0.2, 0.25) is 0 Å². The van der Waals surface area contributed by atoms with E-state index in [1.165, 1.54) is 4.88 Å². The van der Waals surface area contributed by atoms with E-state index in [4.69, 9.17) is 4.74 Å². The van der Waals surface area contributed by atoms with Gasteiger partial charge in [-0.05, 0) is 30.8 Å². The van der Waals surface area contributed by atoms with E-state index in [2.05, 4.69) is 28.6 Å². The molecule has 0 aliphatic carbocycles. The van der Waals surface area contributed by atoms with Gasteiger partial charge in [0.05, 0.1) is 12.6 Å².